The zero-order valence-electron chi connectivity index (χ0n) is 43.2. The van der Waals surface area contributed by atoms with Gasteiger partial charge in [0.15, 0.2) is 17.3 Å². The summed E-state index contributed by atoms with van der Waals surface area (Å²) in [6, 6.07) is 30.1. The largest absolute Gasteiger partial charge is 0.493 e. The number of carbonyl (C=O) groups excluding carboxylic acids is 4. The number of amides is 3. The van der Waals surface area contributed by atoms with Gasteiger partial charge < -0.3 is 28.9 Å². The van der Waals surface area contributed by atoms with Gasteiger partial charge in [0.1, 0.15) is 24.2 Å². The summed E-state index contributed by atoms with van der Waals surface area (Å²) in [6.45, 7) is 8.01. The average Bonchev–Trinajstić information content (AvgIpc) is 3.89. The second kappa shape index (κ2) is 22.2. The number of methoxy groups -OCH3 is 1. The number of benzene rings is 5. The number of Topliss-reactive ketones (excluding diaryl/α,β-unsaturated/α-hetero) is 1. The monoisotopic (exact) mass is 1060 g/mol. The Morgan fingerprint density at radius 3 is 1.88 bits per heavy atom. The van der Waals surface area contributed by atoms with Gasteiger partial charge in [-0.05, 0) is 166 Å². The van der Waals surface area contributed by atoms with Crippen molar-refractivity contribution in [2.24, 2.45) is 0 Å². The van der Waals surface area contributed by atoms with Crippen molar-refractivity contribution in [3.63, 3.8) is 0 Å². The van der Waals surface area contributed by atoms with E-state index in [0.29, 0.717) is 52.7 Å². The van der Waals surface area contributed by atoms with E-state index in [-0.39, 0.29) is 72.8 Å². The lowest BCUT2D eigenvalue weighted by molar-refractivity contribution is -0.119. The van der Waals surface area contributed by atoms with E-state index in [0.717, 1.165) is 78.4 Å². The van der Waals surface area contributed by atoms with Crippen molar-refractivity contribution in [1.82, 2.24) is 0 Å². The molecular weight excluding hydrogens is 995 g/mol. The molecule has 5 aromatic rings. The summed E-state index contributed by atoms with van der Waals surface area (Å²) >= 11 is 0. The molecule has 0 radical (unpaired) electrons. The number of hydrogen-bond donors (Lipinski definition) is 0. The van der Waals surface area contributed by atoms with Crippen molar-refractivity contribution in [2.75, 3.05) is 41.7 Å². The molecular formula is C58H65N3O10S3. The van der Waals surface area contributed by atoms with E-state index in [1.807, 2.05) is 103 Å². The van der Waals surface area contributed by atoms with Crippen LogP contribution in [0.1, 0.15) is 119 Å². The number of rotatable bonds is 20. The summed E-state index contributed by atoms with van der Waals surface area (Å²) in [5.74, 6) is 1.58. The third-order valence-corrected chi connectivity index (χ3v) is 19.9. The second-order valence-corrected chi connectivity index (χ2v) is 25.3. The highest BCUT2D eigenvalue weighted by Gasteiger charge is 2.39. The Morgan fingerprint density at radius 1 is 0.757 bits per heavy atom. The molecule has 0 bridgehead atoms. The van der Waals surface area contributed by atoms with Gasteiger partial charge in [0.25, 0.3) is 21.9 Å². The predicted octanol–water partition coefficient (Wildman–Crippen LogP) is 10.8. The molecule has 0 saturated heterocycles. The predicted molar refractivity (Wildman–Crippen MR) is 294 cm³/mol. The standard InChI is InChI=1S/C58H65N3O10S3/c1-8-50(62)54(74(66,67)69-7)22-24-72-73-58(3,4)23-21-55(63)59(5)45-27-37(34-70-51-31-39-17-19-43-29-41-13-9-11-15-48(41)60(43)56(64)46(39)25-36(51)2)26-38(28-45)35-71-53-32-40-18-20-44-30-42-14-10-12-16-49(42)61(44)57(65)47(40)33-52(53)68-6/h9-16,25-28,31-33,43-44,54H,8,17-24,29-30,34-35H2,1-7H3/t43-,44-,54?/m1/s1. The summed E-state index contributed by atoms with van der Waals surface area (Å²) in [4.78, 5) is 60.4. The van der Waals surface area contributed by atoms with Crippen molar-refractivity contribution >= 4 is 72.3 Å². The Morgan fingerprint density at radius 2 is 1.31 bits per heavy atom. The number of hydrogen-bond acceptors (Lipinski definition) is 12. The van der Waals surface area contributed by atoms with E-state index in [2.05, 4.69) is 16.3 Å². The third kappa shape index (κ3) is 11.1. The molecule has 0 saturated carbocycles. The maximum absolute atomic E-state index is 14.2. The molecule has 4 aliphatic rings. The first kappa shape index (κ1) is 53.0. The van der Waals surface area contributed by atoms with Gasteiger partial charge in [-0.25, -0.2) is 0 Å². The Labute approximate surface area is 443 Å². The maximum atomic E-state index is 14.2. The van der Waals surface area contributed by atoms with Crippen molar-refractivity contribution in [3.05, 3.63) is 141 Å². The number of ether oxygens (including phenoxy) is 3. The van der Waals surface area contributed by atoms with Gasteiger partial charge in [-0.2, -0.15) is 8.42 Å². The van der Waals surface area contributed by atoms with Crippen LogP contribution in [0.4, 0.5) is 17.1 Å². The second-order valence-electron chi connectivity index (χ2n) is 20.3. The molecule has 0 spiro atoms. The number of fused-ring (bicyclic) bond motifs is 8. The van der Waals surface area contributed by atoms with E-state index in [9.17, 15) is 27.6 Å². The van der Waals surface area contributed by atoms with Crippen LogP contribution < -0.4 is 28.9 Å². The van der Waals surface area contributed by atoms with Crippen LogP contribution in [0.15, 0.2) is 91.0 Å². The van der Waals surface area contributed by atoms with E-state index in [1.54, 1.807) is 42.8 Å². The number of anilines is 3. The lowest BCUT2D eigenvalue weighted by Gasteiger charge is -2.25. The van der Waals surface area contributed by atoms with Crippen LogP contribution >= 0.6 is 21.6 Å². The molecule has 74 heavy (non-hydrogen) atoms. The minimum absolute atomic E-state index is 0.0190. The van der Waals surface area contributed by atoms with E-state index in [4.69, 9.17) is 14.2 Å². The number of carbonyl (C=O) groups is 4. The van der Waals surface area contributed by atoms with Crippen molar-refractivity contribution < 1.29 is 46.0 Å². The molecule has 13 nitrogen and oxygen atoms in total. The molecule has 5 aromatic carbocycles. The number of nitrogens with zero attached hydrogens (tertiary/aromatic N) is 3. The number of ketones is 1. The van der Waals surface area contributed by atoms with Gasteiger partial charge >= 0.3 is 0 Å². The Kier molecular flexibility index (Phi) is 15.9. The molecule has 390 valence electrons. The maximum Gasteiger partial charge on any atom is 0.277 e. The Balaban J connectivity index is 0.927. The van der Waals surface area contributed by atoms with Crippen molar-refractivity contribution in [2.45, 2.75) is 127 Å². The van der Waals surface area contributed by atoms with Crippen LogP contribution in [-0.4, -0.2) is 81.0 Å². The summed E-state index contributed by atoms with van der Waals surface area (Å²) in [7, 11) is 3.46. The molecule has 0 fully saturated rings. The van der Waals surface area contributed by atoms with Gasteiger partial charge in [-0.1, -0.05) is 64.9 Å². The van der Waals surface area contributed by atoms with Crippen LogP contribution in [0.5, 0.6) is 17.2 Å². The van der Waals surface area contributed by atoms with Crippen molar-refractivity contribution in [1.29, 1.82) is 0 Å². The van der Waals surface area contributed by atoms with Gasteiger partial charge in [0.05, 0.1) is 14.2 Å². The minimum atomic E-state index is -3.99. The van der Waals surface area contributed by atoms with Crippen LogP contribution in [0.3, 0.4) is 0 Å². The van der Waals surface area contributed by atoms with E-state index < -0.39 is 15.4 Å². The van der Waals surface area contributed by atoms with Crippen LogP contribution in [0.2, 0.25) is 0 Å². The lowest BCUT2D eigenvalue weighted by atomic mass is 9.98. The smallest absolute Gasteiger partial charge is 0.277 e. The summed E-state index contributed by atoms with van der Waals surface area (Å²) in [6.07, 6.45) is 5.80. The van der Waals surface area contributed by atoms with E-state index in [1.165, 1.54) is 21.9 Å². The normalized spacial score (nSPS) is 17.2. The van der Waals surface area contributed by atoms with Gasteiger partial charge in [0, 0.05) is 70.7 Å². The average molecular weight is 1060 g/mol. The van der Waals surface area contributed by atoms with Crippen LogP contribution in [0, 0.1) is 6.92 Å². The zero-order chi connectivity index (χ0) is 52.5. The fourth-order valence-corrected chi connectivity index (χ4v) is 14.7. The van der Waals surface area contributed by atoms with Crippen molar-refractivity contribution in [3.8, 4) is 17.2 Å². The highest BCUT2D eigenvalue weighted by Crippen LogP contribution is 2.43. The number of para-hydroxylation sites is 2. The topological polar surface area (TPSA) is 149 Å². The van der Waals surface area contributed by atoms with Gasteiger partial charge in [-0.15, -0.1) is 0 Å². The van der Waals surface area contributed by atoms with Crippen LogP contribution in [0.25, 0.3) is 0 Å². The van der Waals surface area contributed by atoms with Gasteiger partial charge in [0.2, 0.25) is 5.91 Å². The zero-order valence-corrected chi connectivity index (χ0v) is 45.7. The fourth-order valence-electron chi connectivity index (χ4n) is 10.8. The molecule has 1 unspecified atom stereocenters. The summed E-state index contributed by atoms with van der Waals surface area (Å²) < 4.78 is 48.3. The third-order valence-electron chi connectivity index (χ3n) is 14.9. The first-order valence-corrected chi connectivity index (χ1v) is 29.2. The molecule has 4 aliphatic heterocycles. The summed E-state index contributed by atoms with van der Waals surface area (Å²) in [5, 5.41) is -1.21. The SMILES string of the molecule is CCC(=O)C(CCSSC(C)(C)CCC(=O)N(C)c1cc(COc2cc3c(cc2C)C(=O)N2c4ccccc4C[C@H]2CC3)cc(COc2cc3c(cc2OC)C(=O)N2c4ccccc4C[C@H]2CC3)c1)S(=O)(=O)OC. The number of aryl methyl sites for hydroxylation is 3. The highest BCUT2D eigenvalue weighted by atomic mass is 33.1. The fraction of sp³-hybridized carbons (Fsp3) is 0.414. The van der Waals surface area contributed by atoms with Crippen LogP contribution in [-0.2, 0) is 62.8 Å². The van der Waals surface area contributed by atoms with E-state index >= 15 is 0 Å². The highest BCUT2D eigenvalue weighted by molar-refractivity contribution is 8.77. The molecule has 0 aliphatic carbocycles. The molecule has 16 heteroatoms. The Bertz CT molecular complexity index is 3100. The Hall–Kier alpha value is -5.81. The molecule has 9 rings (SSSR count). The first-order valence-electron chi connectivity index (χ1n) is 25.4. The molecule has 0 N–H and O–H groups in total. The lowest BCUT2D eigenvalue weighted by Crippen LogP contribution is -2.36. The quantitative estimate of drug-likeness (QED) is 0.0415. The van der Waals surface area contributed by atoms with Gasteiger partial charge in [-0.3, -0.25) is 23.4 Å². The summed E-state index contributed by atoms with van der Waals surface area (Å²) in [5.41, 5.74) is 10.6. The molecule has 4 heterocycles. The minimum Gasteiger partial charge on any atom is -0.493 e. The molecule has 3 amide bonds. The molecule has 3 atom stereocenters. The first-order chi connectivity index (χ1) is 35.5. The molecule has 0 aromatic heterocycles.